The number of aromatic nitrogens is 4. The number of tetrazole rings is 1. The van der Waals surface area contributed by atoms with E-state index in [0.717, 1.165) is 11.9 Å². The number of nitrogens with zero attached hydrogens (tertiary/aromatic N) is 7. The molecule has 1 aromatic heterocycles. The van der Waals surface area contributed by atoms with E-state index in [0.29, 0.717) is 43.4 Å². The summed E-state index contributed by atoms with van der Waals surface area (Å²) in [5.74, 6) is -1.40. The van der Waals surface area contributed by atoms with Crippen LogP contribution in [0.3, 0.4) is 0 Å². The standard InChI is InChI=1S/C29H30F7N7O2/c1-40(23-12-19(28(31,32)33)11-20(13-23)29(34,35)36)27(45)41(2)25-15-42(14-24(25)17-3-7-21(30)8-4-17)26(44)18-5-9-22(10-6-18)43-16-37-38-39-43/h3-4,7-8,11-13,16,18,22,24-25H,5-6,9-10,14-15H2,1-2H3. The van der Waals surface area contributed by atoms with Gasteiger partial charge in [0.15, 0.2) is 0 Å². The van der Waals surface area contributed by atoms with Gasteiger partial charge in [0, 0.05) is 44.7 Å². The van der Waals surface area contributed by atoms with Gasteiger partial charge in [-0.2, -0.15) is 26.3 Å². The smallest absolute Gasteiger partial charge is 0.340 e. The highest BCUT2D eigenvalue weighted by atomic mass is 19.4. The molecule has 45 heavy (non-hydrogen) atoms. The Labute approximate surface area is 253 Å². The van der Waals surface area contributed by atoms with E-state index >= 15 is 0 Å². The molecule has 3 amide bonds. The number of rotatable bonds is 5. The van der Waals surface area contributed by atoms with Crippen LogP contribution < -0.4 is 4.90 Å². The molecule has 1 saturated carbocycles. The van der Waals surface area contributed by atoms with E-state index in [2.05, 4.69) is 15.5 Å². The summed E-state index contributed by atoms with van der Waals surface area (Å²) in [6, 6.07) is 4.98. The minimum atomic E-state index is -5.09. The number of urea groups is 1. The predicted molar refractivity (Wildman–Crippen MR) is 146 cm³/mol. The van der Waals surface area contributed by atoms with Crippen LogP contribution in [0.4, 0.5) is 41.2 Å². The minimum absolute atomic E-state index is 0.00709. The predicted octanol–water partition coefficient (Wildman–Crippen LogP) is 5.76. The van der Waals surface area contributed by atoms with Crippen molar-refractivity contribution in [2.24, 2.45) is 5.92 Å². The topological polar surface area (TPSA) is 87.5 Å². The number of anilines is 1. The van der Waals surface area contributed by atoms with Crippen LogP contribution in [-0.4, -0.2) is 75.2 Å². The number of amides is 3. The fourth-order valence-electron chi connectivity index (χ4n) is 6.20. The Kier molecular flexibility index (Phi) is 8.77. The van der Waals surface area contributed by atoms with Gasteiger partial charge in [-0.05, 0) is 72.0 Å². The molecule has 0 bridgehead atoms. The lowest BCUT2D eigenvalue weighted by atomic mass is 9.85. The monoisotopic (exact) mass is 641 g/mol. The second-order valence-corrected chi connectivity index (χ2v) is 11.5. The summed E-state index contributed by atoms with van der Waals surface area (Å²) in [4.78, 5) is 30.8. The van der Waals surface area contributed by atoms with Gasteiger partial charge in [-0.15, -0.1) is 5.10 Å². The van der Waals surface area contributed by atoms with E-state index < -0.39 is 53.0 Å². The number of likely N-dealkylation sites (N-methyl/N-ethyl adjacent to an activating group) is 1. The van der Waals surface area contributed by atoms with E-state index in [9.17, 15) is 40.3 Å². The summed E-state index contributed by atoms with van der Waals surface area (Å²) in [5, 5.41) is 11.2. The van der Waals surface area contributed by atoms with Crippen LogP contribution in [0, 0.1) is 11.7 Å². The third-order valence-electron chi connectivity index (χ3n) is 8.73. The third-order valence-corrected chi connectivity index (χ3v) is 8.73. The Morgan fingerprint density at radius 1 is 0.867 bits per heavy atom. The van der Waals surface area contributed by atoms with E-state index in [4.69, 9.17) is 0 Å². The zero-order chi connectivity index (χ0) is 32.7. The molecule has 1 aliphatic carbocycles. The van der Waals surface area contributed by atoms with Gasteiger partial charge in [0.25, 0.3) is 0 Å². The van der Waals surface area contributed by atoms with Gasteiger partial charge in [-0.1, -0.05) is 12.1 Å². The first kappa shape index (κ1) is 32.2. The number of alkyl halides is 6. The molecule has 0 N–H and O–H groups in total. The Morgan fingerprint density at radius 2 is 1.47 bits per heavy atom. The van der Waals surface area contributed by atoms with E-state index in [1.807, 2.05) is 0 Å². The third kappa shape index (κ3) is 6.88. The van der Waals surface area contributed by atoms with Crippen molar-refractivity contribution in [1.82, 2.24) is 30.0 Å². The van der Waals surface area contributed by atoms with Crippen LogP contribution in [-0.2, 0) is 17.1 Å². The van der Waals surface area contributed by atoms with Gasteiger partial charge in [0.1, 0.15) is 12.1 Å². The van der Waals surface area contributed by atoms with Gasteiger partial charge in [-0.3, -0.25) is 9.69 Å². The molecule has 3 aromatic rings. The number of likely N-dealkylation sites (tertiary alicyclic amines) is 1. The first-order valence-electron chi connectivity index (χ1n) is 14.2. The average Bonchev–Trinajstić information content (AvgIpc) is 3.70. The van der Waals surface area contributed by atoms with Crippen molar-refractivity contribution in [3.63, 3.8) is 0 Å². The largest absolute Gasteiger partial charge is 0.416 e. The molecule has 1 saturated heterocycles. The van der Waals surface area contributed by atoms with Crippen molar-refractivity contribution in [3.05, 3.63) is 71.3 Å². The number of benzene rings is 2. The summed E-state index contributed by atoms with van der Waals surface area (Å²) in [6.07, 6.45) is -6.12. The van der Waals surface area contributed by atoms with Crippen LogP contribution in [0.15, 0.2) is 48.8 Å². The highest BCUT2D eigenvalue weighted by molar-refractivity contribution is 5.92. The maximum atomic E-state index is 13.8. The molecular formula is C29H30F7N7O2. The Bertz CT molecular complexity index is 1470. The molecule has 2 fully saturated rings. The molecule has 0 radical (unpaired) electrons. The van der Waals surface area contributed by atoms with Crippen molar-refractivity contribution in [2.75, 3.05) is 32.1 Å². The fourth-order valence-corrected chi connectivity index (χ4v) is 6.20. The van der Waals surface area contributed by atoms with Crippen LogP contribution in [0.5, 0.6) is 0 Å². The highest BCUT2D eigenvalue weighted by Crippen LogP contribution is 2.40. The zero-order valence-electron chi connectivity index (χ0n) is 24.3. The van der Waals surface area contributed by atoms with Gasteiger partial charge < -0.3 is 9.80 Å². The molecule has 2 atom stereocenters. The molecule has 1 aliphatic heterocycles. The van der Waals surface area contributed by atoms with Crippen molar-refractivity contribution in [3.8, 4) is 0 Å². The van der Waals surface area contributed by atoms with Crippen molar-refractivity contribution in [1.29, 1.82) is 0 Å². The SMILES string of the molecule is CN(C(=O)N(C)C1CN(C(=O)C2CCC(n3cnnn3)CC2)CC1c1ccc(F)cc1)c1cc(C(F)(F)F)cc(C(F)(F)F)c1. The molecule has 0 spiro atoms. The number of carbonyl (C=O) groups is 2. The van der Waals surface area contributed by atoms with Crippen LogP contribution in [0.2, 0.25) is 0 Å². The Morgan fingerprint density at radius 3 is 2.00 bits per heavy atom. The maximum absolute atomic E-state index is 13.8. The molecule has 2 unspecified atom stereocenters. The lowest BCUT2D eigenvalue weighted by Gasteiger charge is -2.33. The van der Waals surface area contributed by atoms with Gasteiger partial charge in [-0.25, -0.2) is 13.9 Å². The number of hydrogen-bond donors (Lipinski definition) is 0. The maximum Gasteiger partial charge on any atom is 0.416 e. The normalized spacial score (nSPS) is 22.4. The average molecular weight is 642 g/mol. The number of hydrogen-bond acceptors (Lipinski definition) is 5. The van der Waals surface area contributed by atoms with Gasteiger partial charge >= 0.3 is 18.4 Å². The first-order chi connectivity index (χ1) is 21.1. The lowest BCUT2D eigenvalue weighted by molar-refractivity contribution is -0.143. The van der Waals surface area contributed by atoms with E-state index in [-0.39, 0.29) is 37.0 Å². The summed E-state index contributed by atoms with van der Waals surface area (Å²) in [6.45, 7) is 0.255. The van der Waals surface area contributed by atoms with Crippen molar-refractivity contribution >= 4 is 17.6 Å². The molecule has 5 rings (SSSR count). The summed E-state index contributed by atoms with van der Waals surface area (Å²) >= 11 is 0. The second kappa shape index (κ2) is 12.3. The van der Waals surface area contributed by atoms with Gasteiger partial charge in [0.05, 0.1) is 23.2 Å². The van der Waals surface area contributed by atoms with Crippen LogP contribution in [0.25, 0.3) is 0 Å². The molecule has 242 valence electrons. The minimum Gasteiger partial charge on any atom is -0.340 e. The van der Waals surface area contributed by atoms with Crippen molar-refractivity contribution in [2.45, 2.75) is 56.0 Å². The first-order valence-corrected chi connectivity index (χ1v) is 14.2. The number of carbonyl (C=O) groups excluding carboxylic acids is 2. The molecule has 2 heterocycles. The molecule has 2 aliphatic rings. The second-order valence-electron chi connectivity index (χ2n) is 11.5. The van der Waals surface area contributed by atoms with Crippen LogP contribution >= 0.6 is 0 Å². The van der Waals surface area contributed by atoms with Crippen molar-refractivity contribution < 1.29 is 40.3 Å². The molecule has 16 heteroatoms. The van der Waals surface area contributed by atoms with E-state index in [1.165, 1.54) is 42.5 Å². The molecular weight excluding hydrogens is 611 g/mol. The fraction of sp³-hybridized carbons (Fsp3) is 0.483. The molecule has 2 aromatic carbocycles. The number of halogens is 7. The van der Waals surface area contributed by atoms with E-state index in [1.54, 1.807) is 9.58 Å². The Balaban J connectivity index is 1.37. The quantitative estimate of drug-likeness (QED) is 0.331. The summed E-state index contributed by atoms with van der Waals surface area (Å²) < 4.78 is 96.3. The summed E-state index contributed by atoms with van der Waals surface area (Å²) in [7, 11) is 2.46. The van der Waals surface area contributed by atoms with Gasteiger partial charge in [0.2, 0.25) is 5.91 Å². The summed E-state index contributed by atoms with van der Waals surface area (Å²) in [5.41, 5.74) is -3.07. The highest BCUT2D eigenvalue weighted by Gasteiger charge is 2.43. The zero-order valence-corrected chi connectivity index (χ0v) is 24.3. The Hall–Kier alpha value is -4.24. The molecule has 9 nitrogen and oxygen atoms in total. The van der Waals surface area contributed by atoms with Crippen LogP contribution in [0.1, 0.15) is 54.3 Å². The lowest BCUT2D eigenvalue weighted by Crippen LogP contribution is -2.48.